The van der Waals surface area contributed by atoms with Crippen LogP contribution in [0.4, 0.5) is 0 Å². The van der Waals surface area contributed by atoms with Crippen LogP contribution in [-0.2, 0) is 4.84 Å². The molecule has 22 heavy (non-hydrogen) atoms. The first-order chi connectivity index (χ1) is 10.7. The van der Waals surface area contributed by atoms with Gasteiger partial charge in [-0.25, -0.2) is 10.5 Å². The average molecular weight is 331 g/mol. The van der Waals surface area contributed by atoms with Gasteiger partial charge < -0.3 is 9.82 Å². The van der Waals surface area contributed by atoms with E-state index < -0.39 is 5.56 Å². The summed E-state index contributed by atoms with van der Waals surface area (Å²) in [5.74, 6) is 1.30. The van der Waals surface area contributed by atoms with Gasteiger partial charge in [-0.3, -0.25) is 4.79 Å². The molecule has 2 aromatic heterocycles. The quantitative estimate of drug-likeness (QED) is 0.655. The number of nitriles is 1. The smallest absolute Gasteiger partial charge is 0.270 e. The first-order valence-electron chi connectivity index (χ1n) is 6.08. The van der Waals surface area contributed by atoms with Crippen molar-refractivity contribution in [2.45, 2.75) is 5.16 Å². The van der Waals surface area contributed by atoms with Crippen molar-refractivity contribution < 1.29 is 4.84 Å². The number of nitrogens with one attached hydrogen (secondary N) is 2. The second kappa shape index (κ2) is 6.05. The van der Waals surface area contributed by atoms with Crippen molar-refractivity contribution in [3.8, 4) is 16.6 Å². The number of hydroxylamine groups is 1. The molecule has 3 heterocycles. The Bertz CT molecular complexity index is 848. The lowest BCUT2D eigenvalue weighted by molar-refractivity contribution is 0.178. The SMILES string of the molecule is C=C1N=C(CSc2nc(-c3cccs3)c(C#N)c(=O)[nH]2)NO1. The molecular weight excluding hydrogens is 322 g/mol. The molecule has 1 aliphatic heterocycles. The average Bonchev–Trinajstić information content (AvgIpc) is 3.16. The van der Waals surface area contributed by atoms with E-state index in [0.717, 1.165) is 4.88 Å². The lowest BCUT2D eigenvalue weighted by Gasteiger charge is -2.04. The summed E-state index contributed by atoms with van der Waals surface area (Å²) < 4.78 is 0. The summed E-state index contributed by atoms with van der Waals surface area (Å²) in [5, 5.41) is 11.4. The topological polar surface area (TPSA) is 103 Å². The van der Waals surface area contributed by atoms with E-state index in [4.69, 9.17) is 10.1 Å². The molecule has 0 fully saturated rings. The zero-order valence-corrected chi connectivity index (χ0v) is 12.8. The van der Waals surface area contributed by atoms with E-state index in [-0.39, 0.29) is 11.4 Å². The summed E-state index contributed by atoms with van der Waals surface area (Å²) in [6.07, 6.45) is 0. The molecule has 0 aromatic carbocycles. The van der Waals surface area contributed by atoms with E-state index in [0.29, 0.717) is 22.4 Å². The highest BCUT2D eigenvalue weighted by molar-refractivity contribution is 7.99. The Morgan fingerprint density at radius 1 is 1.55 bits per heavy atom. The molecule has 0 radical (unpaired) electrons. The number of aromatic nitrogens is 2. The molecule has 0 saturated carbocycles. The molecule has 2 aromatic rings. The van der Waals surface area contributed by atoms with Crippen molar-refractivity contribution >= 4 is 28.9 Å². The number of rotatable bonds is 4. The first-order valence-corrected chi connectivity index (χ1v) is 7.94. The van der Waals surface area contributed by atoms with Gasteiger partial charge in [-0.2, -0.15) is 10.3 Å². The Labute approximate surface area is 133 Å². The van der Waals surface area contributed by atoms with Crippen LogP contribution in [0.5, 0.6) is 0 Å². The van der Waals surface area contributed by atoms with E-state index in [9.17, 15) is 4.79 Å². The lowest BCUT2D eigenvalue weighted by Crippen LogP contribution is -2.20. The van der Waals surface area contributed by atoms with Crippen LogP contribution in [0.25, 0.3) is 10.6 Å². The molecular formula is C13H9N5O2S2. The van der Waals surface area contributed by atoms with Crippen molar-refractivity contribution in [3.63, 3.8) is 0 Å². The Hall–Kier alpha value is -2.57. The molecule has 0 aliphatic carbocycles. The lowest BCUT2D eigenvalue weighted by atomic mass is 10.2. The zero-order valence-electron chi connectivity index (χ0n) is 11.1. The molecule has 1 aliphatic rings. The molecule has 0 atom stereocenters. The van der Waals surface area contributed by atoms with Crippen molar-refractivity contribution in [3.05, 3.63) is 45.9 Å². The zero-order chi connectivity index (χ0) is 15.5. The van der Waals surface area contributed by atoms with Crippen LogP contribution < -0.4 is 11.0 Å². The summed E-state index contributed by atoms with van der Waals surface area (Å²) in [6, 6.07) is 5.57. The molecule has 2 N–H and O–H groups in total. The minimum Gasteiger partial charge on any atom is -0.361 e. The third kappa shape index (κ3) is 2.88. The van der Waals surface area contributed by atoms with Gasteiger partial charge in [0.05, 0.1) is 10.6 Å². The van der Waals surface area contributed by atoms with Crippen LogP contribution >= 0.6 is 23.1 Å². The highest BCUT2D eigenvalue weighted by Gasteiger charge is 2.16. The Morgan fingerprint density at radius 3 is 3.05 bits per heavy atom. The summed E-state index contributed by atoms with van der Waals surface area (Å²) in [6.45, 7) is 3.55. The van der Waals surface area contributed by atoms with Gasteiger partial charge in [0.2, 0.25) is 5.88 Å². The van der Waals surface area contributed by atoms with Gasteiger partial charge in [0, 0.05) is 0 Å². The van der Waals surface area contributed by atoms with E-state index >= 15 is 0 Å². The van der Waals surface area contributed by atoms with Crippen molar-refractivity contribution in [2.75, 3.05) is 5.75 Å². The van der Waals surface area contributed by atoms with Crippen LogP contribution in [-0.4, -0.2) is 21.6 Å². The minimum absolute atomic E-state index is 0.0137. The fourth-order valence-electron chi connectivity index (χ4n) is 1.73. The molecule has 9 heteroatoms. The van der Waals surface area contributed by atoms with Gasteiger partial charge in [-0.05, 0) is 18.0 Å². The molecule has 3 rings (SSSR count). The van der Waals surface area contributed by atoms with Crippen LogP contribution in [0, 0.1) is 11.3 Å². The number of thiophene rings is 1. The van der Waals surface area contributed by atoms with Crippen LogP contribution in [0.1, 0.15) is 5.56 Å². The van der Waals surface area contributed by atoms with Crippen molar-refractivity contribution in [2.24, 2.45) is 4.99 Å². The largest absolute Gasteiger partial charge is 0.361 e. The van der Waals surface area contributed by atoms with Crippen LogP contribution in [0.3, 0.4) is 0 Å². The molecule has 7 nitrogen and oxygen atoms in total. The fraction of sp³-hybridized carbons (Fsp3) is 0.0769. The van der Waals surface area contributed by atoms with Gasteiger partial charge in [-0.15, -0.1) is 11.3 Å². The maximum Gasteiger partial charge on any atom is 0.270 e. The Morgan fingerprint density at radius 2 is 2.41 bits per heavy atom. The number of nitrogens with zero attached hydrogens (tertiary/aromatic N) is 3. The van der Waals surface area contributed by atoms with E-state index in [2.05, 4.69) is 27.0 Å². The van der Waals surface area contributed by atoms with Crippen molar-refractivity contribution in [1.29, 1.82) is 5.26 Å². The van der Waals surface area contributed by atoms with Crippen LogP contribution in [0.2, 0.25) is 0 Å². The van der Waals surface area contributed by atoms with Gasteiger partial charge in [0.25, 0.3) is 5.56 Å². The maximum atomic E-state index is 12.0. The summed E-state index contributed by atoms with van der Waals surface area (Å²) >= 11 is 2.70. The summed E-state index contributed by atoms with van der Waals surface area (Å²) in [4.78, 5) is 28.7. The van der Waals surface area contributed by atoms with E-state index in [1.807, 2.05) is 23.6 Å². The predicted octanol–water partition coefficient (Wildman–Crippen LogP) is 1.87. The second-order valence-electron chi connectivity index (χ2n) is 4.13. The highest BCUT2D eigenvalue weighted by atomic mass is 32.2. The van der Waals surface area contributed by atoms with E-state index in [1.54, 1.807) is 0 Å². The molecule has 110 valence electrons. The molecule has 0 unspecified atom stereocenters. The number of hydrogen-bond donors (Lipinski definition) is 2. The fourth-order valence-corrected chi connectivity index (χ4v) is 3.17. The Balaban J connectivity index is 1.90. The maximum absolute atomic E-state index is 12.0. The minimum atomic E-state index is -0.453. The van der Waals surface area contributed by atoms with Crippen LogP contribution in [0.15, 0.2) is 44.9 Å². The predicted molar refractivity (Wildman–Crippen MR) is 84.4 cm³/mol. The van der Waals surface area contributed by atoms with E-state index in [1.165, 1.54) is 23.1 Å². The number of aromatic amines is 1. The standard InChI is InChI=1S/C13H9N5O2S2/c1-7-15-10(18-20-7)6-22-13-16-11(9-3-2-4-21-9)8(5-14)12(19)17-13/h2-4H,1,6H2,(H,15,18)(H,16,17,19). The molecule has 0 saturated heterocycles. The Kier molecular flexibility index (Phi) is 3.95. The van der Waals surface area contributed by atoms with Gasteiger partial charge in [-0.1, -0.05) is 17.8 Å². The highest BCUT2D eigenvalue weighted by Crippen LogP contribution is 2.26. The number of hydrogen-bond acceptors (Lipinski definition) is 8. The number of amidine groups is 1. The molecule has 0 amide bonds. The van der Waals surface area contributed by atoms with Gasteiger partial charge >= 0.3 is 0 Å². The third-order valence-electron chi connectivity index (χ3n) is 2.66. The monoisotopic (exact) mass is 331 g/mol. The number of thioether (sulfide) groups is 1. The first kappa shape index (κ1) is 14.4. The summed E-state index contributed by atoms with van der Waals surface area (Å²) in [7, 11) is 0. The van der Waals surface area contributed by atoms with Crippen molar-refractivity contribution in [1.82, 2.24) is 15.4 Å². The van der Waals surface area contributed by atoms with Gasteiger partial charge in [0.1, 0.15) is 17.3 Å². The number of H-pyrrole nitrogens is 1. The number of aliphatic imine (C=N–C) groups is 1. The van der Waals surface area contributed by atoms with Gasteiger partial charge in [0.15, 0.2) is 11.0 Å². The molecule has 0 bridgehead atoms. The normalized spacial score (nSPS) is 13.2. The summed E-state index contributed by atoms with van der Waals surface area (Å²) in [5.41, 5.74) is 2.57. The third-order valence-corrected chi connectivity index (χ3v) is 4.42. The second-order valence-corrected chi connectivity index (χ2v) is 6.04. The molecule has 0 spiro atoms.